The van der Waals surface area contributed by atoms with Gasteiger partial charge in [0.2, 0.25) is 0 Å². The summed E-state index contributed by atoms with van der Waals surface area (Å²) in [4.78, 5) is 25.0. The molecule has 6 nitrogen and oxygen atoms in total. The first kappa shape index (κ1) is 17.1. The van der Waals surface area contributed by atoms with E-state index in [0.717, 1.165) is 27.3 Å². The van der Waals surface area contributed by atoms with E-state index in [4.69, 9.17) is 0 Å². The number of anilines is 1. The van der Waals surface area contributed by atoms with Gasteiger partial charge in [0.1, 0.15) is 16.5 Å². The van der Waals surface area contributed by atoms with Gasteiger partial charge < -0.3 is 9.88 Å². The fourth-order valence-corrected chi connectivity index (χ4v) is 3.45. The molecule has 134 valence electrons. The highest BCUT2D eigenvalue weighted by Crippen LogP contribution is 2.30. The number of benzene rings is 1. The largest absolute Gasteiger partial charge is 0.330 e. The van der Waals surface area contributed by atoms with Crippen molar-refractivity contribution < 1.29 is 4.79 Å². The summed E-state index contributed by atoms with van der Waals surface area (Å²) in [6, 6.07) is 10.1. The standard InChI is InChI=1S/C20H17N5OS/c1-13-3-4-14(20-22-7-8-27-20)9-16(13)15-5-6-18(23-10-15)24-19(26)17-11-21-12-25(17)2/h3-12H,1-2H3,(H,23,24,26). The summed E-state index contributed by atoms with van der Waals surface area (Å²) in [5.74, 6) is 0.260. The number of carbonyl (C=O) groups is 1. The third-order valence-corrected chi connectivity index (χ3v) is 5.10. The number of hydrogen-bond donors (Lipinski definition) is 1. The SMILES string of the molecule is Cc1ccc(-c2nccs2)cc1-c1ccc(NC(=O)c2cncn2C)nc1. The molecule has 0 saturated heterocycles. The number of amides is 1. The minimum Gasteiger partial charge on any atom is -0.330 e. The third-order valence-electron chi connectivity index (χ3n) is 4.28. The van der Waals surface area contributed by atoms with Crippen LogP contribution in [0.15, 0.2) is 60.6 Å². The van der Waals surface area contributed by atoms with Crippen molar-refractivity contribution in [3.8, 4) is 21.7 Å². The van der Waals surface area contributed by atoms with Crippen molar-refractivity contribution in [3.63, 3.8) is 0 Å². The first-order valence-corrected chi connectivity index (χ1v) is 9.24. The first-order valence-electron chi connectivity index (χ1n) is 8.36. The molecule has 7 heteroatoms. The van der Waals surface area contributed by atoms with Gasteiger partial charge in [0.25, 0.3) is 5.91 Å². The van der Waals surface area contributed by atoms with Crippen molar-refractivity contribution in [2.24, 2.45) is 7.05 Å². The van der Waals surface area contributed by atoms with Gasteiger partial charge in [0, 0.05) is 35.9 Å². The van der Waals surface area contributed by atoms with E-state index in [2.05, 4.69) is 45.4 Å². The lowest BCUT2D eigenvalue weighted by molar-refractivity contribution is 0.101. The number of imidazole rings is 1. The number of pyridine rings is 1. The highest BCUT2D eigenvalue weighted by molar-refractivity contribution is 7.13. The lowest BCUT2D eigenvalue weighted by Crippen LogP contribution is -2.16. The Morgan fingerprint density at radius 3 is 2.63 bits per heavy atom. The molecule has 1 amide bonds. The number of thiazole rings is 1. The molecule has 0 aliphatic rings. The number of carbonyl (C=O) groups excluding carboxylic acids is 1. The molecule has 0 aliphatic heterocycles. The van der Waals surface area contributed by atoms with Crippen molar-refractivity contribution in [3.05, 3.63) is 71.9 Å². The number of aryl methyl sites for hydroxylation is 2. The lowest BCUT2D eigenvalue weighted by Gasteiger charge is -2.09. The highest BCUT2D eigenvalue weighted by atomic mass is 32.1. The molecule has 3 heterocycles. The maximum absolute atomic E-state index is 12.3. The molecule has 0 bridgehead atoms. The molecule has 0 saturated carbocycles. The van der Waals surface area contributed by atoms with Gasteiger partial charge in [-0.15, -0.1) is 11.3 Å². The van der Waals surface area contributed by atoms with Gasteiger partial charge in [-0.05, 0) is 36.2 Å². The number of aromatic nitrogens is 4. The van der Waals surface area contributed by atoms with Crippen LogP contribution in [-0.4, -0.2) is 25.4 Å². The van der Waals surface area contributed by atoms with Crippen LogP contribution in [0.5, 0.6) is 0 Å². The van der Waals surface area contributed by atoms with Crippen LogP contribution in [0.1, 0.15) is 16.1 Å². The van der Waals surface area contributed by atoms with Gasteiger partial charge in [-0.1, -0.05) is 12.1 Å². The fourth-order valence-electron chi connectivity index (χ4n) is 2.82. The zero-order valence-corrected chi connectivity index (χ0v) is 15.7. The van der Waals surface area contributed by atoms with Crippen molar-refractivity contribution in [2.75, 3.05) is 5.32 Å². The minimum atomic E-state index is -0.239. The summed E-state index contributed by atoms with van der Waals surface area (Å²) < 4.78 is 1.66. The number of nitrogens with zero attached hydrogens (tertiary/aromatic N) is 4. The lowest BCUT2D eigenvalue weighted by atomic mass is 9.99. The summed E-state index contributed by atoms with van der Waals surface area (Å²) in [7, 11) is 1.77. The predicted molar refractivity (Wildman–Crippen MR) is 107 cm³/mol. The van der Waals surface area contributed by atoms with Gasteiger partial charge in [-0.25, -0.2) is 15.0 Å². The Morgan fingerprint density at radius 1 is 1.11 bits per heavy atom. The zero-order chi connectivity index (χ0) is 18.8. The molecule has 4 rings (SSSR count). The maximum atomic E-state index is 12.3. The van der Waals surface area contributed by atoms with Crippen LogP contribution in [0.2, 0.25) is 0 Å². The van der Waals surface area contributed by atoms with Crippen LogP contribution in [0.25, 0.3) is 21.7 Å². The van der Waals surface area contributed by atoms with E-state index >= 15 is 0 Å². The van der Waals surface area contributed by atoms with Crippen LogP contribution in [-0.2, 0) is 7.05 Å². The Hall–Kier alpha value is -3.32. The summed E-state index contributed by atoms with van der Waals surface area (Å²) >= 11 is 1.61. The Labute approximate surface area is 160 Å². The number of hydrogen-bond acceptors (Lipinski definition) is 5. The molecule has 27 heavy (non-hydrogen) atoms. The Kier molecular flexibility index (Phi) is 4.52. The van der Waals surface area contributed by atoms with E-state index in [9.17, 15) is 4.79 Å². The Balaban J connectivity index is 1.58. The zero-order valence-electron chi connectivity index (χ0n) is 14.9. The second kappa shape index (κ2) is 7.13. The number of rotatable bonds is 4. The van der Waals surface area contributed by atoms with Crippen LogP contribution in [0.3, 0.4) is 0 Å². The molecular formula is C20H17N5OS. The summed E-state index contributed by atoms with van der Waals surface area (Å²) in [6.45, 7) is 2.07. The van der Waals surface area contributed by atoms with Gasteiger partial charge in [0.05, 0.1) is 12.5 Å². The summed E-state index contributed by atoms with van der Waals surface area (Å²) in [6.07, 6.45) is 6.69. The van der Waals surface area contributed by atoms with Gasteiger partial charge in [-0.3, -0.25) is 4.79 Å². The van der Waals surface area contributed by atoms with Crippen molar-refractivity contribution in [2.45, 2.75) is 6.92 Å². The van der Waals surface area contributed by atoms with E-state index in [1.54, 1.807) is 47.7 Å². The highest BCUT2D eigenvalue weighted by Gasteiger charge is 2.11. The normalized spacial score (nSPS) is 10.7. The molecule has 0 atom stereocenters. The average Bonchev–Trinajstić information content (AvgIpc) is 3.35. The van der Waals surface area contributed by atoms with E-state index in [0.29, 0.717) is 11.5 Å². The molecule has 0 unspecified atom stereocenters. The molecule has 3 aromatic heterocycles. The molecule has 1 N–H and O–H groups in total. The molecular weight excluding hydrogens is 358 g/mol. The van der Waals surface area contributed by atoms with Crippen molar-refractivity contribution in [1.29, 1.82) is 0 Å². The summed E-state index contributed by atoms with van der Waals surface area (Å²) in [5, 5.41) is 5.75. The number of nitrogens with one attached hydrogen (secondary N) is 1. The van der Waals surface area contributed by atoms with Crippen molar-refractivity contribution in [1.82, 2.24) is 19.5 Å². The topological polar surface area (TPSA) is 72.7 Å². The smallest absolute Gasteiger partial charge is 0.275 e. The van der Waals surface area contributed by atoms with Crippen LogP contribution < -0.4 is 5.32 Å². The van der Waals surface area contributed by atoms with E-state index in [1.807, 2.05) is 11.4 Å². The molecule has 0 fully saturated rings. The minimum absolute atomic E-state index is 0.239. The Bertz CT molecular complexity index is 1080. The maximum Gasteiger partial charge on any atom is 0.275 e. The second-order valence-corrected chi connectivity index (χ2v) is 7.04. The van der Waals surface area contributed by atoms with Gasteiger partial charge >= 0.3 is 0 Å². The third kappa shape index (κ3) is 3.50. The van der Waals surface area contributed by atoms with Gasteiger partial charge in [0.15, 0.2) is 0 Å². The Morgan fingerprint density at radius 2 is 1.96 bits per heavy atom. The molecule has 0 aliphatic carbocycles. The molecule has 0 spiro atoms. The van der Waals surface area contributed by atoms with Gasteiger partial charge in [-0.2, -0.15) is 0 Å². The fraction of sp³-hybridized carbons (Fsp3) is 0.100. The molecule has 4 aromatic rings. The predicted octanol–water partition coefficient (Wildman–Crippen LogP) is 4.17. The average molecular weight is 375 g/mol. The van der Waals surface area contributed by atoms with E-state index < -0.39 is 0 Å². The first-order chi connectivity index (χ1) is 13.1. The van der Waals surface area contributed by atoms with Crippen LogP contribution >= 0.6 is 11.3 Å². The molecule has 1 aromatic carbocycles. The van der Waals surface area contributed by atoms with E-state index in [-0.39, 0.29) is 5.91 Å². The van der Waals surface area contributed by atoms with Crippen LogP contribution in [0.4, 0.5) is 5.82 Å². The van der Waals surface area contributed by atoms with E-state index in [1.165, 1.54) is 6.20 Å². The second-order valence-electron chi connectivity index (χ2n) is 6.14. The summed E-state index contributed by atoms with van der Waals surface area (Å²) in [5.41, 5.74) is 4.81. The molecule has 0 radical (unpaired) electrons. The quantitative estimate of drug-likeness (QED) is 0.581. The van der Waals surface area contributed by atoms with Crippen LogP contribution in [0, 0.1) is 6.92 Å². The monoisotopic (exact) mass is 375 g/mol. The van der Waals surface area contributed by atoms with Crippen molar-refractivity contribution >= 4 is 23.1 Å².